The van der Waals surface area contributed by atoms with E-state index in [0.717, 1.165) is 24.7 Å². The van der Waals surface area contributed by atoms with Crippen molar-refractivity contribution < 1.29 is 18.0 Å². The zero-order valence-electron chi connectivity index (χ0n) is 16.9. The Kier molecular flexibility index (Phi) is 8.71. The number of rotatable bonds is 7. The molecule has 1 fully saturated rings. The van der Waals surface area contributed by atoms with E-state index in [1.807, 2.05) is 6.92 Å². The second-order valence-corrected chi connectivity index (χ2v) is 10.0. The van der Waals surface area contributed by atoms with Crippen LogP contribution in [0.15, 0.2) is 40.6 Å². The fourth-order valence-corrected chi connectivity index (χ4v) is 4.76. The number of halogens is 1. The van der Waals surface area contributed by atoms with Crippen LogP contribution in [0.25, 0.3) is 0 Å². The van der Waals surface area contributed by atoms with Gasteiger partial charge in [0.2, 0.25) is 12.3 Å². The molecular formula is C21H29ClN2O4S. The molecule has 160 valence electrons. The van der Waals surface area contributed by atoms with Crippen LogP contribution in [0.5, 0.6) is 0 Å². The average Bonchev–Trinajstić information content (AvgIpc) is 2.66. The predicted octanol–water partition coefficient (Wildman–Crippen LogP) is 3.27. The quantitative estimate of drug-likeness (QED) is 0.521. The summed E-state index contributed by atoms with van der Waals surface area (Å²) >= 11 is 5.78. The number of amides is 2. The highest BCUT2D eigenvalue weighted by Gasteiger charge is 2.30. The summed E-state index contributed by atoms with van der Waals surface area (Å²) in [6.07, 6.45) is 4.64. The number of carbonyl (C=O) groups excluding carboxylic acids is 2. The molecule has 3 unspecified atom stereocenters. The maximum absolute atomic E-state index is 12.6. The van der Waals surface area contributed by atoms with E-state index in [1.54, 1.807) is 4.90 Å². The summed E-state index contributed by atoms with van der Waals surface area (Å²) in [5.74, 6) is 0.287. The van der Waals surface area contributed by atoms with Gasteiger partial charge < -0.3 is 10.2 Å². The third-order valence-corrected chi connectivity index (χ3v) is 7.05. The van der Waals surface area contributed by atoms with E-state index in [4.69, 9.17) is 11.6 Å². The van der Waals surface area contributed by atoms with Crippen molar-refractivity contribution in [1.82, 2.24) is 10.2 Å². The molecular weight excluding hydrogens is 412 g/mol. The smallest absolute Gasteiger partial charge is 0.225 e. The molecule has 6 nitrogen and oxygen atoms in total. The summed E-state index contributed by atoms with van der Waals surface area (Å²) < 4.78 is 24.5. The van der Waals surface area contributed by atoms with Gasteiger partial charge in [-0.2, -0.15) is 0 Å². The standard InChI is InChI=1S/C21H29ClN2O4S/c1-16-9-11-24(15-25)14-20(17(2)13-16)21(26)23-10-3-4-12-29(27,28)19-7-5-18(22)6-8-19/h4-8,12,15-17,20H,3,9-11,13-14H2,1-2H3,(H,23,26)/b12-4+. The van der Waals surface area contributed by atoms with Gasteiger partial charge in [0, 0.05) is 30.1 Å². The lowest BCUT2D eigenvalue weighted by atomic mass is 9.82. The van der Waals surface area contributed by atoms with Crippen LogP contribution >= 0.6 is 11.6 Å². The molecule has 29 heavy (non-hydrogen) atoms. The minimum atomic E-state index is -3.53. The minimum Gasteiger partial charge on any atom is -0.355 e. The topological polar surface area (TPSA) is 83.6 Å². The number of nitrogens with one attached hydrogen (secondary N) is 1. The van der Waals surface area contributed by atoms with E-state index in [9.17, 15) is 18.0 Å². The number of hydrogen-bond acceptors (Lipinski definition) is 4. The van der Waals surface area contributed by atoms with E-state index >= 15 is 0 Å². The molecule has 0 spiro atoms. The van der Waals surface area contributed by atoms with Crippen LogP contribution in [0.2, 0.25) is 5.02 Å². The largest absolute Gasteiger partial charge is 0.355 e. The molecule has 2 rings (SSSR count). The van der Waals surface area contributed by atoms with Gasteiger partial charge in [0.1, 0.15) is 0 Å². The van der Waals surface area contributed by atoms with Crippen molar-refractivity contribution in [2.24, 2.45) is 17.8 Å². The van der Waals surface area contributed by atoms with Crippen molar-refractivity contribution in [2.75, 3.05) is 19.6 Å². The number of carbonyl (C=O) groups is 2. The Morgan fingerprint density at radius 2 is 1.97 bits per heavy atom. The van der Waals surface area contributed by atoms with Gasteiger partial charge in [0.05, 0.1) is 10.8 Å². The van der Waals surface area contributed by atoms with Gasteiger partial charge in [0.15, 0.2) is 9.84 Å². The second kappa shape index (κ2) is 10.8. The molecule has 2 amide bonds. The first kappa shape index (κ1) is 23.4. The summed E-state index contributed by atoms with van der Waals surface area (Å²) in [7, 11) is -3.53. The fraction of sp³-hybridized carbons (Fsp3) is 0.524. The molecule has 0 bridgehead atoms. The second-order valence-electron chi connectivity index (χ2n) is 7.76. The van der Waals surface area contributed by atoms with Crippen molar-refractivity contribution >= 4 is 33.8 Å². The highest BCUT2D eigenvalue weighted by atomic mass is 35.5. The van der Waals surface area contributed by atoms with Gasteiger partial charge in [-0.15, -0.1) is 0 Å². The number of likely N-dealkylation sites (tertiary alicyclic amines) is 1. The Morgan fingerprint density at radius 3 is 2.62 bits per heavy atom. The fourth-order valence-electron chi connectivity index (χ4n) is 3.57. The molecule has 3 atom stereocenters. The van der Waals surface area contributed by atoms with E-state index in [0.29, 0.717) is 37.0 Å². The Morgan fingerprint density at radius 1 is 1.28 bits per heavy atom. The van der Waals surface area contributed by atoms with Gasteiger partial charge in [0.25, 0.3) is 0 Å². The maximum atomic E-state index is 12.6. The predicted molar refractivity (Wildman–Crippen MR) is 114 cm³/mol. The zero-order valence-corrected chi connectivity index (χ0v) is 18.5. The molecule has 1 aromatic carbocycles. The van der Waals surface area contributed by atoms with Gasteiger partial charge in [-0.3, -0.25) is 9.59 Å². The lowest BCUT2D eigenvalue weighted by Crippen LogP contribution is -2.44. The molecule has 1 saturated heterocycles. The monoisotopic (exact) mass is 440 g/mol. The first-order chi connectivity index (χ1) is 13.7. The lowest BCUT2D eigenvalue weighted by Gasteiger charge is -2.33. The van der Waals surface area contributed by atoms with Crippen molar-refractivity contribution in [3.05, 3.63) is 40.8 Å². The van der Waals surface area contributed by atoms with Crippen LogP contribution in [0.4, 0.5) is 0 Å². The third kappa shape index (κ3) is 7.16. The number of sulfone groups is 1. The van der Waals surface area contributed by atoms with Crippen molar-refractivity contribution in [3.63, 3.8) is 0 Å². The summed E-state index contributed by atoms with van der Waals surface area (Å²) in [6, 6.07) is 5.98. The van der Waals surface area contributed by atoms with Crippen LogP contribution in [-0.2, 0) is 19.4 Å². The van der Waals surface area contributed by atoms with Crippen LogP contribution in [0.3, 0.4) is 0 Å². The Labute approximate surface area is 178 Å². The van der Waals surface area contributed by atoms with Crippen LogP contribution in [0.1, 0.15) is 33.1 Å². The minimum absolute atomic E-state index is 0.0904. The van der Waals surface area contributed by atoms with Crippen molar-refractivity contribution in [2.45, 2.75) is 38.0 Å². The first-order valence-corrected chi connectivity index (χ1v) is 11.8. The van der Waals surface area contributed by atoms with Crippen LogP contribution in [-0.4, -0.2) is 45.3 Å². The van der Waals surface area contributed by atoms with E-state index in [2.05, 4.69) is 12.2 Å². The van der Waals surface area contributed by atoms with Crippen LogP contribution in [0, 0.1) is 17.8 Å². The van der Waals surface area contributed by atoms with Gasteiger partial charge in [-0.05, 0) is 55.4 Å². The first-order valence-electron chi connectivity index (χ1n) is 9.87. The lowest BCUT2D eigenvalue weighted by molar-refractivity contribution is -0.129. The summed E-state index contributed by atoms with van der Waals surface area (Å²) in [5, 5.41) is 4.50. The maximum Gasteiger partial charge on any atom is 0.225 e. The molecule has 0 radical (unpaired) electrons. The molecule has 1 aliphatic heterocycles. The molecule has 0 saturated carbocycles. The van der Waals surface area contributed by atoms with Crippen molar-refractivity contribution in [3.8, 4) is 0 Å². The molecule has 0 aliphatic carbocycles. The van der Waals surface area contributed by atoms with Gasteiger partial charge in [-0.25, -0.2) is 8.42 Å². The number of benzene rings is 1. The summed E-state index contributed by atoms with van der Waals surface area (Å²) in [4.78, 5) is 25.8. The molecule has 0 aromatic heterocycles. The molecule has 1 N–H and O–H groups in total. The van der Waals surface area contributed by atoms with E-state index in [1.165, 1.54) is 30.3 Å². The van der Waals surface area contributed by atoms with Gasteiger partial charge >= 0.3 is 0 Å². The molecule has 8 heteroatoms. The van der Waals surface area contributed by atoms with E-state index < -0.39 is 9.84 Å². The third-order valence-electron chi connectivity index (χ3n) is 5.31. The molecule has 1 heterocycles. The average molecular weight is 441 g/mol. The van der Waals surface area contributed by atoms with Crippen molar-refractivity contribution in [1.29, 1.82) is 0 Å². The number of hydrogen-bond donors (Lipinski definition) is 1. The highest BCUT2D eigenvalue weighted by molar-refractivity contribution is 7.94. The Balaban J connectivity index is 1.88. The van der Waals surface area contributed by atoms with E-state index in [-0.39, 0.29) is 22.6 Å². The van der Waals surface area contributed by atoms with Gasteiger partial charge in [-0.1, -0.05) is 31.5 Å². The molecule has 1 aliphatic rings. The highest BCUT2D eigenvalue weighted by Crippen LogP contribution is 2.26. The Bertz CT molecular complexity index is 824. The molecule has 1 aromatic rings. The Hall–Kier alpha value is -1.86. The SMILES string of the molecule is CC1CCN(C=O)CC(C(=O)NCC/C=C/S(=O)(=O)c2ccc(Cl)cc2)C(C)C1. The zero-order chi connectivity index (χ0) is 21.4. The van der Waals surface area contributed by atoms with Crippen LogP contribution < -0.4 is 5.32 Å². The number of nitrogens with zero attached hydrogens (tertiary/aromatic N) is 1. The summed E-state index contributed by atoms with van der Waals surface area (Å²) in [5.41, 5.74) is 0. The normalized spacial score (nSPS) is 23.4. The summed E-state index contributed by atoms with van der Waals surface area (Å²) in [6.45, 7) is 5.63.